The molecule has 0 spiro atoms. The summed E-state index contributed by atoms with van der Waals surface area (Å²) in [7, 11) is -1.74. The first-order valence-electron chi connectivity index (χ1n) is 8.05. The molecule has 0 aromatic heterocycles. The number of sulfonamides is 1. The molecule has 8 heteroatoms. The van der Waals surface area contributed by atoms with Gasteiger partial charge < -0.3 is 10.2 Å². The number of benzene rings is 2. The molecule has 26 heavy (non-hydrogen) atoms. The first-order valence-corrected chi connectivity index (χ1v) is 9.60. The number of nitrogens with two attached hydrogens (primary N) is 1. The molecule has 0 heterocycles. The molecule has 0 aliphatic heterocycles. The van der Waals surface area contributed by atoms with Crippen molar-refractivity contribution in [2.24, 2.45) is 10.1 Å². The van der Waals surface area contributed by atoms with E-state index in [0.29, 0.717) is 6.54 Å². The van der Waals surface area contributed by atoms with Gasteiger partial charge in [-0.25, -0.2) is 18.5 Å². The van der Waals surface area contributed by atoms with Crippen LogP contribution in [0.4, 0.5) is 0 Å². The standard InChI is InChI=1S/C18H24N4O2S.HI/c1-3-20-18(22(2)14-15-8-5-4-6-9-15)21-13-16-10-7-11-17(12-16)25(19,23)24;/h4-12H,3,13-14H2,1-2H3,(H,20,21)(H2,19,23,24);1H. The van der Waals surface area contributed by atoms with Crippen LogP contribution in [0.25, 0.3) is 0 Å². The van der Waals surface area contributed by atoms with Crippen molar-refractivity contribution in [1.82, 2.24) is 10.2 Å². The summed E-state index contributed by atoms with van der Waals surface area (Å²) in [6.07, 6.45) is 0. The normalized spacial score (nSPS) is 11.6. The lowest BCUT2D eigenvalue weighted by molar-refractivity contribution is 0.477. The molecule has 0 atom stereocenters. The van der Waals surface area contributed by atoms with Gasteiger partial charge in [0.2, 0.25) is 10.0 Å². The van der Waals surface area contributed by atoms with Gasteiger partial charge in [0.25, 0.3) is 0 Å². The lowest BCUT2D eigenvalue weighted by Gasteiger charge is -2.22. The average Bonchev–Trinajstić information content (AvgIpc) is 2.59. The zero-order valence-electron chi connectivity index (χ0n) is 14.9. The first-order chi connectivity index (χ1) is 11.9. The monoisotopic (exact) mass is 488 g/mol. The van der Waals surface area contributed by atoms with Gasteiger partial charge in [-0.05, 0) is 30.2 Å². The zero-order chi connectivity index (χ0) is 18.3. The summed E-state index contributed by atoms with van der Waals surface area (Å²) in [4.78, 5) is 6.73. The minimum Gasteiger partial charge on any atom is -0.357 e. The second kappa shape index (κ2) is 10.5. The fraction of sp³-hybridized carbons (Fsp3) is 0.278. The van der Waals surface area contributed by atoms with E-state index in [4.69, 9.17) is 5.14 Å². The molecule has 142 valence electrons. The van der Waals surface area contributed by atoms with Gasteiger partial charge in [0.05, 0.1) is 11.4 Å². The Balaban J connectivity index is 0.00000338. The second-order valence-corrected chi connectivity index (χ2v) is 7.27. The van der Waals surface area contributed by atoms with Crippen molar-refractivity contribution in [2.75, 3.05) is 13.6 Å². The Bertz CT molecular complexity index is 826. The van der Waals surface area contributed by atoms with Crippen molar-refractivity contribution < 1.29 is 8.42 Å². The van der Waals surface area contributed by atoms with E-state index in [2.05, 4.69) is 22.4 Å². The SMILES string of the molecule is CCNC(=NCc1cccc(S(N)(=O)=O)c1)N(C)Cc1ccccc1.I. The number of aliphatic imine (C=N–C) groups is 1. The number of nitrogens with zero attached hydrogens (tertiary/aromatic N) is 2. The van der Waals surface area contributed by atoms with Crippen molar-refractivity contribution in [3.8, 4) is 0 Å². The van der Waals surface area contributed by atoms with Gasteiger partial charge in [-0.3, -0.25) is 0 Å². The first kappa shape index (κ1) is 22.4. The van der Waals surface area contributed by atoms with Crippen LogP contribution in [0.3, 0.4) is 0 Å². The Hall–Kier alpha value is -1.65. The lowest BCUT2D eigenvalue weighted by Crippen LogP contribution is -2.38. The van der Waals surface area contributed by atoms with E-state index in [1.54, 1.807) is 12.1 Å². The van der Waals surface area contributed by atoms with Gasteiger partial charge in [-0.15, -0.1) is 24.0 Å². The van der Waals surface area contributed by atoms with Crippen molar-refractivity contribution in [3.05, 3.63) is 65.7 Å². The van der Waals surface area contributed by atoms with Crippen LogP contribution in [0.15, 0.2) is 64.5 Å². The highest BCUT2D eigenvalue weighted by Crippen LogP contribution is 2.11. The molecule has 3 N–H and O–H groups in total. The number of nitrogens with one attached hydrogen (secondary N) is 1. The Labute approximate surface area is 172 Å². The molecule has 2 aromatic carbocycles. The van der Waals surface area contributed by atoms with Crippen molar-refractivity contribution in [1.29, 1.82) is 0 Å². The summed E-state index contributed by atoms with van der Waals surface area (Å²) in [5, 5.41) is 8.43. The molecule has 0 amide bonds. The molecule has 0 fully saturated rings. The van der Waals surface area contributed by atoms with Crippen LogP contribution in [0.2, 0.25) is 0 Å². The summed E-state index contributed by atoms with van der Waals surface area (Å²) in [6.45, 7) is 3.84. The third kappa shape index (κ3) is 6.93. The average molecular weight is 488 g/mol. The molecule has 0 unspecified atom stereocenters. The number of rotatable bonds is 6. The maximum atomic E-state index is 11.5. The number of primary sulfonamides is 1. The van der Waals surface area contributed by atoms with Crippen molar-refractivity contribution in [3.63, 3.8) is 0 Å². The van der Waals surface area contributed by atoms with Crippen LogP contribution in [0, 0.1) is 0 Å². The molecule has 0 saturated heterocycles. The van der Waals surface area contributed by atoms with Crippen LogP contribution in [0.1, 0.15) is 18.1 Å². The maximum absolute atomic E-state index is 11.5. The van der Waals surface area contributed by atoms with Gasteiger partial charge in [0.1, 0.15) is 0 Å². The van der Waals surface area contributed by atoms with E-state index in [1.165, 1.54) is 11.6 Å². The fourth-order valence-electron chi connectivity index (χ4n) is 2.39. The van der Waals surface area contributed by atoms with Crippen LogP contribution in [-0.4, -0.2) is 32.9 Å². The van der Waals surface area contributed by atoms with Crippen LogP contribution < -0.4 is 10.5 Å². The molecule has 2 rings (SSSR count). The Morgan fingerprint density at radius 1 is 1.12 bits per heavy atom. The summed E-state index contributed by atoms with van der Waals surface area (Å²) >= 11 is 0. The number of halogens is 1. The molecule has 6 nitrogen and oxygen atoms in total. The highest BCUT2D eigenvalue weighted by atomic mass is 127. The van der Waals surface area contributed by atoms with Crippen molar-refractivity contribution in [2.45, 2.75) is 24.9 Å². The van der Waals surface area contributed by atoms with E-state index >= 15 is 0 Å². The van der Waals surface area contributed by atoms with E-state index < -0.39 is 10.0 Å². The topological polar surface area (TPSA) is 87.8 Å². The van der Waals surface area contributed by atoms with Gasteiger partial charge in [-0.2, -0.15) is 0 Å². The maximum Gasteiger partial charge on any atom is 0.238 e. The van der Waals surface area contributed by atoms with E-state index in [-0.39, 0.29) is 28.9 Å². The molecule has 2 aromatic rings. The summed E-state index contributed by atoms with van der Waals surface area (Å²) < 4.78 is 22.9. The third-order valence-corrected chi connectivity index (χ3v) is 4.51. The predicted octanol–water partition coefficient (Wildman–Crippen LogP) is 2.55. The van der Waals surface area contributed by atoms with Crippen molar-refractivity contribution >= 4 is 40.0 Å². The molecular formula is C18H25IN4O2S. The van der Waals surface area contributed by atoms with Crippen LogP contribution in [-0.2, 0) is 23.1 Å². The van der Waals surface area contributed by atoms with Crippen LogP contribution in [0.5, 0.6) is 0 Å². The minimum absolute atomic E-state index is 0. The Kier molecular flexibility index (Phi) is 9.03. The van der Waals surface area contributed by atoms with Gasteiger partial charge in [-0.1, -0.05) is 42.5 Å². The second-order valence-electron chi connectivity index (χ2n) is 5.70. The zero-order valence-corrected chi connectivity index (χ0v) is 18.1. The number of guanidine groups is 1. The number of hydrogen-bond acceptors (Lipinski definition) is 3. The summed E-state index contributed by atoms with van der Waals surface area (Å²) in [5.74, 6) is 0.757. The highest BCUT2D eigenvalue weighted by molar-refractivity contribution is 14.0. The Morgan fingerprint density at radius 2 is 1.77 bits per heavy atom. The predicted molar refractivity (Wildman–Crippen MR) is 116 cm³/mol. The number of hydrogen-bond donors (Lipinski definition) is 2. The molecule has 0 aliphatic carbocycles. The lowest BCUT2D eigenvalue weighted by atomic mass is 10.2. The van der Waals surface area contributed by atoms with Gasteiger partial charge >= 0.3 is 0 Å². The third-order valence-electron chi connectivity index (χ3n) is 3.60. The van der Waals surface area contributed by atoms with Crippen LogP contribution >= 0.6 is 24.0 Å². The molecule has 0 bridgehead atoms. The highest BCUT2D eigenvalue weighted by Gasteiger charge is 2.09. The quantitative estimate of drug-likeness (QED) is 0.372. The molecule has 0 radical (unpaired) electrons. The molecule has 0 saturated carbocycles. The largest absolute Gasteiger partial charge is 0.357 e. The van der Waals surface area contributed by atoms with Gasteiger partial charge in [0.15, 0.2) is 5.96 Å². The molecular weight excluding hydrogens is 463 g/mol. The minimum atomic E-state index is -3.71. The Morgan fingerprint density at radius 3 is 2.38 bits per heavy atom. The van der Waals surface area contributed by atoms with E-state index in [9.17, 15) is 8.42 Å². The van der Waals surface area contributed by atoms with E-state index in [0.717, 1.165) is 24.6 Å². The van der Waals surface area contributed by atoms with E-state index in [1.807, 2.05) is 43.1 Å². The smallest absolute Gasteiger partial charge is 0.238 e. The summed E-state index contributed by atoms with van der Waals surface area (Å²) in [6, 6.07) is 16.7. The summed E-state index contributed by atoms with van der Waals surface area (Å²) in [5.41, 5.74) is 1.97. The fourth-order valence-corrected chi connectivity index (χ4v) is 2.97. The van der Waals surface area contributed by atoms with Gasteiger partial charge in [0, 0.05) is 20.1 Å². The molecule has 0 aliphatic rings.